The van der Waals surface area contributed by atoms with E-state index in [2.05, 4.69) is 27.3 Å². The molecule has 0 saturated heterocycles. The SMILES string of the molecule is COc1ccc(CSc2nnc(-c3sc4ncccc4c3N)n2C)cc1. The molecule has 0 fully saturated rings. The van der Waals surface area contributed by atoms with Gasteiger partial charge in [-0.2, -0.15) is 0 Å². The molecular weight excluding hydrogens is 366 g/mol. The Balaban J connectivity index is 1.58. The fraction of sp³-hybridized carbons (Fsp3) is 0.167. The van der Waals surface area contributed by atoms with Crippen LogP contribution in [0.4, 0.5) is 5.69 Å². The summed E-state index contributed by atoms with van der Waals surface area (Å²) in [6.45, 7) is 0. The van der Waals surface area contributed by atoms with E-state index in [1.165, 1.54) is 5.56 Å². The molecule has 0 spiro atoms. The first-order valence-electron chi connectivity index (χ1n) is 7.96. The maximum Gasteiger partial charge on any atom is 0.191 e. The molecule has 0 unspecified atom stereocenters. The number of hydrogen-bond acceptors (Lipinski definition) is 7. The lowest BCUT2D eigenvalue weighted by atomic mass is 10.2. The molecule has 0 aliphatic rings. The number of nitrogens with zero attached hydrogens (tertiary/aromatic N) is 4. The number of pyridine rings is 1. The van der Waals surface area contributed by atoms with Gasteiger partial charge in [-0.15, -0.1) is 21.5 Å². The van der Waals surface area contributed by atoms with Crippen molar-refractivity contribution in [3.8, 4) is 16.5 Å². The standard InChI is InChI=1S/C18H17N5OS2/c1-23-16(15-14(19)13-4-3-9-20-17(13)26-15)21-22-18(23)25-10-11-5-7-12(24-2)8-6-11/h3-9H,10,19H2,1-2H3. The highest BCUT2D eigenvalue weighted by Crippen LogP contribution is 2.39. The van der Waals surface area contributed by atoms with Crippen LogP contribution in [0.1, 0.15) is 5.56 Å². The lowest BCUT2D eigenvalue weighted by molar-refractivity contribution is 0.414. The normalized spacial score (nSPS) is 11.2. The molecular formula is C18H17N5OS2. The van der Waals surface area contributed by atoms with Crippen molar-refractivity contribution < 1.29 is 4.74 Å². The summed E-state index contributed by atoms with van der Waals surface area (Å²) in [5, 5.41) is 10.5. The van der Waals surface area contributed by atoms with Crippen LogP contribution in [0, 0.1) is 0 Å². The molecule has 0 aliphatic heterocycles. The van der Waals surface area contributed by atoms with Crippen LogP contribution in [0.2, 0.25) is 0 Å². The average molecular weight is 384 g/mol. The van der Waals surface area contributed by atoms with Gasteiger partial charge in [0, 0.05) is 24.4 Å². The largest absolute Gasteiger partial charge is 0.497 e. The number of anilines is 1. The summed E-state index contributed by atoms with van der Waals surface area (Å²) >= 11 is 3.18. The van der Waals surface area contributed by atoms with Gasteiger partial charge >= 0.3 is 0 Å². The molecule has 26 heavy (non-hydrogen) atoms. The van der Waals surface area contributed by atoms with Crippen molar-refractivity contribution in [3.63, 3.8) is 0 Å². The number of thiophene rings is 1. The molecule has 2 N–H and O–H groups in total. The van der Waals surface area contributed by atoms with Gasteiger partial charge < -0.3 is 15.0 Å². The van der Waals surface area contributed by atoms with E-state index in [1.807, 2.05) is 35.9 Å². The number of methoxy groups -OCH3 is 1. The van der Waals surface area contributed by atoms with Gasteiger partial charge in [0.05, 0.1) is 17.7 Å². The molecule has 0 radical (unpaired) electrons. The Morgan fingerprint density at radius 3 is 2.73 bits per heavy atom. The summed E-state index contributed by atoms with van der Waals surface area (Å²) in [5.74, 6) is 2.43. The van der Waals surface area contributed by atoms with Gasteiger partial charge in [-0.25, -0.2) is 4.98 Å². The van der Waals surface area contributed by atoms with Crippen LogP contribution in [-0.2, 0) is 12.8 Å². The fourth-order valence-corrected chi connectivity index (χ4v) is 4.58. The Hall–Kier alpha value is -2.58. The van der Waals surface area contributed by atoms with Crippen LogP contribution in [0.3, 0.4) is 0 Å². The first kappa shape index (κ1) is 16.9. The van der Waals surface area contributed by atoms with Crippen molar-refractivity contribution in [1.82, 2.24) is 19.7 Å². The van der Waals surface area contributed by atoms with Gasteiger partial charge in [-0.3, -0.25) is 0 Å². The zero-order valence-electron chi connectivity index (χ0n) is 14.3. The smallest absolute Gasteiger partial charge is 0.191 e. The molecule has 0 saturated carbocycles. The monoisotopic (exact) mass is 383 g/mol. The Morgan fingerprint density at radius 2 is 2.00 bits per heavy atom. The van der Waals surface area contributed by atoms with Crippen LogP contribution >= 0.6 is 23.1 Å². The Morgan fingerprint density at radius 1 is 1.19 bits per heavy atom. The van der Waals surface area contributed by atoms with Gasteiger partial charge in [0.1, 0.15) is 10.6 Å². The zero-order chi connectivity index (χ0) is 18.1. The van der Waals surface area contributed by atoms with E-state index < -0.39 is 0 Å². The second-order valence-electron chi connectivity index (χ2n) is 5.70. The minimum Gasteiger partial charge on any atom is -0.497 e. The van der Waals surface area contributed by atoms with E-state index >= 15 is 0 Å². The van der Waals surface area contributed by atoms with Crippen molar-refractivity contribution in [2.75, 3.05) is 12.8 Å². The number of aromatic nitrogens is 4. The summed E-state index contributed by atoms with van der Waals surface area (Å²) in [4.78, 5) is 6.20. The molecule has 0 bridgehead atoms. The topological polar surface area (TPSA) is 78.8 Å². The van der Waals surface area contributed by atoms with Crippen LogP contribution in [0.15, 0.2) is 47.8 Å². The quantitative estimate of drug-likeness (QED) is 0.525. The van der Waals surface area contributed by atoms with Gasteiger partial charge in [-0.05, 0) is 29.8 Å². The summed E-state index contributed by atoms with van der Waals surface area (Å²) in [7, 11) is 3.63. The summed E-state index contributed by atoms with van der Waals surface area (Å²) in [6, 6.07) is 11.9. The van der Waals surface area contributed by atoms with Gasteiger partial charge in [0.2, 0.25) is 0 Å². The molecule has 8 heteroatoms. The number of nitrogens with two attached hydrogens (primary N) is 1. The second kappa shape index (κ2) is 6.97. The van der Waals surface area contributed by atoms with Crippen LogP contribution in [0.5, 0.6) is 5.75 Å². The molecule has 6 nitrogen and oxygen atoms in total. The first-order valence-corrected chi connectivity index (χ1v) is 9.76. The highest BCUT2D eigenvalue weighted by molar-refractivity contribution is 7.98. The number of thioether (sulfide) groups is 1. The highest BCUT2D eigenvalue weighted by atomic mass is 32.2. The van der Waals surface area contributed by atoms with Gasteiger partial charge in [-0.1, -0.05) is 23.9 Å². The summed E-state index contributed by atoms with van der Waals surface area (Å²) in [5.41, 5.74) is 8.22. The summed E-state index contributed by atoms with van der Waals surface area (Å²) in [6.07, 6.45) is 1.77. The first-order chi connectivity index (χ1) is 12.7. The molecule has 1 aromatic carbocycles. The zero-order valence-corrected chi connectivity index (χ0v) is 16.0. The maximum atomic E-state index is 6.31. The molecule has 4 rings (SSSR count). The molecule has 0 amide bonds. The van der Waals surface area contributed by atoms with E-state index in [0.29, 0.717) is 5.69 Å². The van der Waals surface area contributed by atoms with E-state index in [0.717, 1.165) is 37.6 Å². The number of fused-ring (bicyclic) bond motifs is 1. The summed E-state index contributed by atoms with van der Waals surface area (Å²) < 4.78 is 7.17. The lowest BCUT2D eigenvalue weighted by Crippen LogP contribution is -1.96. The van der Waals surface area contributed by atoms with Crippen LogP contribution in [0.25, 0.3) is 20.9 Å². The lowest BCUT2D eigenvalue weighted by Gasteiger charge is -2.04. The van der Waals surface area contributed by atoms with Crippen molar-refractivity contribution in [1.29, 1.82) is 0 Å². The van der Waals surface area contributed by atoms with Crippen molar-refractivity contribution >= 4 is 39.0 Å². The van der Waals surface area contributed by atoms with Crippen LogP contribution < -0.4 is 10.5 Å². The minimum atomic E-state index is 0.709. The second-order valence-corrected chi connectivity index (χ2v) is 7.64. The predicted octanol–water partition coefficient (Wildman–Crippen LogP) is 3.97. The van der Waals surface area contributed by atoms with Crippen molar-refractivity contribution in [2.24, 2.45) is 7.05 Å². The molecule has 3 aromatic heterocycles. The van der Waals surface area contributed by atoms with E-state index in [-0.39, 0.29) is 0 Å². The maximum absolute atomic E-state index is 6.31. The van der Waals surface area contributed by atoms with Crippen molar-refractivity contribution in [2.45, 2.75) is 10.9 Å². The number of nitrogen functional groups attached to an aromatic ring is 1. The molecule has 3 heterocycles. The van der Waals surface area contributed by atoms with E-state index in [4.69, 9.17) is 10.5 Å². The molecule has 4 aromatic rings. The van der Waals surface area contributed by atoms with Gasteiger partial charge in [0.25, 0.3) is 0 Å². The van der Waals surface area contributed by atoms with Crippen LogP contribution in [-0.4, -0.2) is 26.9 Å². The molecule has 0 atom stereocenters. The van der Waals surface area contributed by atoms with E-state index in [9.17, 15) is 0 Å². The number of benzene rings is 1. The average Bonchev–Trinajstić information content (AvgIpc) is 3.20. The molecule has 132 valence electrons. The fourth-order valence-electron chi connectivity index (χ4n) is 2.63. The number of ether oxygens (including phenoxy) is 1. The van der Waals surface area contributed by atoms with Gasteiger partial charge in [0.15, 0.2) is 11.0 Å². The Labute approximate surface area is 159 Å². The molecule has 0 aliphatic carbocycles. The van der Waals surface area contributed by atoms with E-state index in [1.54, 1.807) is 36.4 Å². The third kappa shape index (κ3) is 3.02. The highest BCUT2D eigenvalue weighted by Gasteiger charge is 2.18. The third-order valence-electron chi connectivity index (χ3n) is 4.07. The minimum absolute atomic E-state index is 0.709. The predicted molar refractivity (Wildman–Crippen MR) is 107 cm³/mol. The number of hydrogen-bond donors (Lipinski definition) is 1. The number of rotatable bonds is 5. The Bertz CT molecular complexity index is 1060. The Kier molecular flexibility index (Phi) is 4.52. The van der Waals surface area contributed by atoms with Crippen molar-refractivity contribution in [3.05, 3.63) is 48.2 Å². The third-order valence-corrected chi connectivity index (χ3v) is 6.29.